The average Bonchev–Trinajstić information content (AvgIpc) is 3.26. The van der Waals surface area contributed by atoms with Crippen LogP contribution in [0.4, 0.5) is 5.69 Å². The van der Waals surface area contributed by atoms with Crippen LogP contribution in [0.2, 0.25) is 0 Å². The fourth-order valence-electron chi connectivity index (χ4n) is 3.97. The number of anilines is 1. The van der Waals surface area contributed by atoms with Crippen LogP contribution in [0.25, 0.3) is 0 Å². The lowest BCUT2D eigenvalue weighted by Crippen LogP contribution is -2.47. The third kappa shape index (κ3) is 3.74. The van der Waals surface area contributed by atoms with E-state index in [9.17, 15) is 14.4 Å². The number of nitrogens with one attached hydrogen (secondary N) is 1. The highest BCUT2D eigenvalue weighted by molar-refractivity contribution is 8.00. The summed E-state index contributed by atoms with van der Waals surface area (Å²) in [6.07, 6.45) is 1.07. The van der Waals surface area contributed by atoms with E-state index in [0.717, 1.165) is 11.1 Å². The zero-order chi connectivity index (χ0) is 20.4. The third-order valence-corrected chi connectivity index (χ3v) is 6.87. The number of amides is 2. The van der Waals surface area contributed by atoms with Gasteiger partial charge in [-0.05, 0) is 36.6 Å². The van der Waals surface area contributed by atoms with Gasteiger partial charge in [-0.1, -0.05) is 42.5 Å². The summed E-state index contributed by atoms with van der Waals surface area (Å²) in [4.78, 5) is 38.6. The van der Waals surface area contributed by atoms with Gasteiger partial charge in [-0.15, -0.1) is 11.8 Å². The number of rotatable bonds is 5. The van der Waals surface area contributed by atoms with Crippen LogP contribution < -0.4 is 5.32 Å². The van der Waals surface area contributed by atoms with Gasteiger partial charge in [-0.3, -0.25) is 9.59 Å². The van der Waals surface area contributed by atoms with Crippen molar-refractivity contribution >= 4 is 35.2 Å². The molecule has 6 nitrogen and oxygen atoms in total. The Labute approximate surface area is 173 Å². The van der Waals surface area contributed by atoms with Gasteiger partial charge in [0.15, 0.2) is 6.61 Å². The van der Waals surface area contributed by atoms with Crippen LogP contribution in [-0.2, 0) is 24.0 Å². The van der Waals surface area contributed by atoms with Gasteiger partial charge in [0.1, 0.15) is 10.9 Å². The fourth-order valence-corrected chi connectivity index (χ4v) is 5.60. The van der Waals surface area contributed by atoms with E-state index in [4.69, 9.17) is 4.74 Å². The Kier molecular flexibility index (Phi) is 5.32. The van der Waals surface area contributed by atoms with Gasteiger partial charge in [-0.25, -0.2) is 4.79 Å². The molecule has 2 heterocycles. The Bertz CT molecular complexity index is 949. The summed E-state index contributed by atoms with van der Waals surface area (Å²) >= 11 is 1.60. The van der Waals surface area contributed by atoms with Gasteiger partial charge < -0.3 is 15.0 Å². The van der Waals surface area contributed by atoms with Gasteiger partial charge >= 0.3 is 5.97 Å². The molecule has 2 aliphatic heterocycles. The topological polar surface area (TPSA) is 75.7 Å². The van der Waals surface area contributed by atoms with E-state index in [1.807, 2.05) is 55.5 Å². The highest BCUT2D eigenvalue weighted by atomic mass is 32.2. The number of benzene rings is 2. The zero-order valence-electron chi connectivity index (χ0n) is 16.1. The Morgan fingerprint density at radius 3 is 2.76 bits per heavy atom. The number of carbonyl (C=O) groups excluding carboxylic acids is 3. The minimum absolute atomic E-state index is 0.0509. The predicted octanol–water partition coefficient (Wildman–Crippen LogP) is 3.07. The van der Waals surface area contributed by atoms with Crippen LogP contribution in [0.3, 0.4) is 0 Å². The first-order valence-corrected chi connectivity index (χ1v) is 10.5. The second kappa shape index (κ2) is 7.91. The lowest BCUT2D eigenvalue weighted by atomic mass is 10.0. The molecule has 0 radical (unpaired) electrons. The molecule has 1 N–H and O–H groups in total. The first-order chi connectivity index (χ1) is 14.0. The molecule has 7 heteroatoms. The minimum atomic E-state index is -0.679. The molecule has 0 unspecified atom stereocenters. The Morgan fingerprint density at radius 2 is 2.00 bits per heavy atom. The van der Waals surface area contributed by atoms with E-state index in [1.54, 1.807) is 22.7 Å². The monoisotopic (exact) mass is 410 g/mol. The van der Waals surface area contributed by atoms with Crippen molar-refractivity contribution in [3.05, 3.63) is 65.7 Å². The van der Waals surface area contributed by atoms with E-state index in [1.165, 1.54) is 0 Å². The number of carbonyl (C=O) groups is 3. The normalized spacial score (nSPS) is 23.0. The molecule has 0 saturated carbocycles. The van der Waals surface area contributed by atoms with Gasteiger partial charge in [0.25, 0.3) is 5.91 Å². The SMILES string of the molecule is Cc1cccc(NC(=O)COC(=O)[C@H]2CS[C@]3(c4ccccc4)CCC(=O)N23)c1. The molecule has 2 aliphatic rings. The number of thioether (sulfide) groups is 1. The predicted molar refractivity (Wildman–Crippen MR) is 111 cm³/mol. The molecular weight excluding hydrogens is 388 g/mol. The summed E-state index contributed by atoms with van der Waals surface area (Å²) in [5.41, 5.74) is 2.69. The summed E-state index contributed by atoms with van der Waals surface area (Å²) in [5, 5.41) is 2.72. The largest absolute Gasteiger partial charge is 0.454 e. The van der Waals surface area contributed by atoms with Gasteiger partial charge in [0, 0.05) is 17.9 Å². The number of ether oxygens (including phenoxy) is 1. The Balaban J connectivity index is 1.41. The van der Waals surface area contributed by atoms with E-state index in [-0.39, 0.29) is 12.5 Å². The van der Waals surface area contributed by atoms with Crippen LogP contribution in [0.5, 0.6) is 0 Å². The molecule has 2 amide bonds. The van der Waals surface area contributed by atoms with E-state index < -0.39 is 22.8 Å². The summed E-state index contributed by atoms with van der Waals surface area (Å²) in [5.74, 6) is -0.537. The van der Waals surface area contributed by atoms with Crippen LogP contribution in [0.1, 0.15) is 24.0 Å². The number of aryl methyl sites for hydroxylation is 1. The highest BCUT2D eigenvalue weighted by Gasteiger charge is 2.57. The van der Waals surface area contributed by atoms with Crippen molar-refractivity contribution in [1.82, 2.24) is 4.90 Å². The number of nitrogens with zero attached hydrogens (tertiary/aromatic N) is 1. The fraction of sp³-hybridized carbons (Fsp3) is 0.318. The molecule has 150 valence electrons. The van der Waals surface area contributed by atoms with E-state index in [0.29, 0.717) is 24.3 Å². The van der Waals surface area contributed by atoms with Crippen LogP contribution >= 0.6 is 11.8 Å². The number of hydrogen-bond donors (Lipinski definition) is 1. The summed E-state index contributed by atoms with van der Waals surface area (Å²) in [7, 11) is 0. The smallest absolute Gasteiger partial charge is 0.330 e. The van der Waals surface area contributed by atoms with Crippen molar-refractivity contribution < 1.29 is 19.1 Å². The quantitative estimate of drug-likeness (QED) is 0.767. The van der Waals surface area contributed by atoms with Gasteiger partial charge in [0.2, 0.25) is 5.91 Å². The lowest BCUT2D eigenvalue weighted by molar-refractivity contribution is -0.155. The summed E-state index contributed by atoms with van der Waals surface area (Å²) < 4.78 is 5.27. The molecule has 29 heavy (non-hydrogen) atoms. The number of hydrogen-bond acceptors (Lipinski definition) is 5. The second-order valence-corrected chi connectivity index (χ2v) is 8.56. The molecule has 2 saturated heterocycles. The number of fused-ring (bicyclic) bond motifs is 1. The maximum absolute atomic E-state index is 12.7. The number of esters is 1. The van der Waals surface area contributed by atoms with Crippen LogP contribution in [0, 0.1) is 6.92 Å². The maximum atomic E-state index is 12.7. The van der Waals surface area contributed by atoms with Crippen molar-refractivity contribution in [2.75, 3.05) is 17.7 Å². The molecule has 2 aromatic rings. The van der Waals surface area contributed by atoms with E-state index >= 15 is 0 Å². The highest BCUT2D eigenvalue weighted by Crippen LogP contribution is 2.54. The molecule has 0 bridgehead atoms. The summed E-state index contributed by atoms with van der Waals surface area (Å²) in [6, 6.07) is 16.5. The zero-order valence-corrected chi connectivity index (χ0v) is 16.9. The molecule has 0 spiro atoms. The first-order valence-electron chi connectivity index (χ1n) is 9.54. The standard InChI is InChI=1S/C22H22N2O4S/c1-15-6-5-9-17(12-15)23-19(25)13-28-21(27)18-14-29-22(11-10-20(26)24(18)22)16-7-3-2-4-8-16/h2-9,12,18H,10-11,13-14H2,1H3,(H,23,25)/t18-,22+/m1/s1. The van der Waals surface area contributed by atoms with Crippen LogP contribution in [0.15, 0.2) is 54.6 Å². The van der Waals surface area contributed by atoms with Crippen molar-refractivity contribution in [2.45, 2.75) is 30.7 Å². The Morgan fingerprint density at radius 1 is 1.21 bits per heavy atom. The second-order valence-electron chi connectivity index (χ2n) is 7.27. The van der Waals surface area contributed by atoms with E-state index in [2.05, 4.69) is 5.32 Å². The van der Waals surface area contributed by atoms with Gasteiger partial charge in [0.05, 0.1) is 0 Å². The average molecular weight is 410 g/mol. The third-order valence-electron chi connectivity index (χ3n) is 5.27. The minimum Gasteiger partial charge on any atom is -0.454 e. The van der Waals surface area contributed by atoms with Crippen molar-refractivity contribution in [3.8, 4) is 0 Å². The van der Waals surface area contributed by atoms with Crippen molar-refractivity contribution in [3.63, 3.8) is 0 Å². The molecule has 2 aromatic carbocycles. The van der Waals surface area contributed by atoms with Gasteiger partial charge in [-0.2, -0.15) is 0 Å². The molecule has 0 aromatic heterocycles. The molecular formula is C22H22N2O4S. The lowest BCUT2D eigenvalue weighted by Gasteiger charge is -2.33. The molecule has 2 atom stereocenters. The Hall–Kier alpha value is -2.80. The molecule has 4 rings (SSSR count). The molecule has 2 fully saturated rings. The van der Waals surface area contributed by atoms with Crippen LogP contribution in [-0.4, -0.2) is 41.1 Å². The first kappa shape index (κ1) is 19.5. The molecule has 0 aliphatic carbocycles. The van der Waals surface area contributed by atoms with Crippen molar-refractivity contribution in [2.24, 2.45) is 0 Å². The maximum Gasteiger partial charge on any atom is 0.330 e. The van der Waals surface area contributed by atoms with Crippen molar-refractivity contribution in [1.29, 1.82) is 0 Å². The summed E-state index contributed by atoms with van der Waals surface area (Å²) in [6.45, 7) is 1.55.